The lowest BCUT2D eigenvalue weighted by atomic mass is 10.1. The van der Waals surface area contributed by atoms with Crippen LogP contribution in [0, 0.1) is 11.8 Å². The Morgan fingerprint density at radius 3 is 2.92 bits per heavy atom. The van der Waals surface area contributed by atoms with E-state index in [1.54, 1.807) is 0 Å². The average molecular weight is 178 g/mol. The maximum atomic E-state index is 11.5. The highest BCUT2D eigenvalue weighted by molar-refractivity contribution is 5.93. The van der Waals surface area contributed by atoms with Gasteiger partial charge in [-0.1, -0.05) is 25.3 Å². The first-order valence-electron chi connectivity index (χ1n) is 5.58. The molecule has 2 rings (SSSR count). The highest BCUT2D eigenvalue weighted by atomic mass is 16.1. The molecular weight excluding hydrogens is 160 g/mol. The lowest BCUT2D eigenvalue weighted by Gasteiger charge is -1.97. The lowest BCUT2D eigenvalue weighted by molar-refractivity contribution is -0.116. The quantitative estimate of drug-likeness (QED) is 0.557. The van der Waals surface area contributed by atoms with Crippen LogP contribution in [0.25, 0.3) is 0 Å². The van der Waals surface area contributed by atoms with Gasteiger partial charge >= 0.3 is 0 Å². The molecule has 0 aromatic carbocycles. The number of hydrogen-bond donors (Lipinski definition) is 0. The van der Waals surface area contributed by atoms with Crippen molar-refractivity contribution in [3.05, 3.63) is 12.2 Å². The molecule has 0 aliphatic heterocycles. The molecule has 1 fully saturated rings. The summed E-state index contributed by atoms with van der Waals surface area (Å²) < 4.78 is 0. The van der Waals surface area contributed by atoms with Gasteiger partial charge in [0.05, 0.1) is 0 Å². The molecule has 2 aliphatic carbocycles. The number of carbonyl (C=O) groups excluding carboxylic acids is 1. The fourth-order valence-electron chi connectivity index (χ4n) is 2.26. The van der Waals surface area contributed by atoms with Crippen LogP contribution < -0.4 is 0 Å². The average Bonchev–Trinajstić information content (AvgIpc) is 2.87. The van der Waals surface area contributed by atoms with E-state index < -0.39 is 0 Å². The van der Waals surface area contributed by atoms with Crippen LogP contribution in [0.5, 0.6) is 0 Å². The summed E-state index contributed by atoms with van der Waals surface area (Å²) in [7, 11) is 0. The van der Waals surface area contributed by atoms with Crippen LogP contribution in [0.1, 0.15) is 44.9 Å². The maximum absolute atomic E-state index is 11.5. The van der Waals surface area contributed by atoms with Gasteiger partial charge in [-0.3, -0.25) is 4.79 Å². The summed E-state index contributed by atoms with van der Waals surface area (Å²) in [5.74, 6) is 1.55. The van der Waals surface area contributed by atoms with E-state index >= 15 is 0 Å². The van der Waals surface area contributed by atoms with Crippen LogP contribution in [0.3, 0.4) is 0 Å². The molecule has 13 heavy (non-hydrogen) atoms. The number of allylic oxidation sites excluding steroid dienone is 2. The van der Waals surface area contributed by atoms with Gasteiger partial charge in [-0.25, -0.2) is 0 Å². The summed E-state index contributed by atoms with van der Waals surface area (Å²) in [6, 6.07) is 0. The number of carbonyl (C=O) groups is 1. The molecule has 0 unspecified atom stereocenters. The van der Waals surface area contributed by atoms with E-state index in [0.29, 0.717) is 11.7 Å². The van der Waals surface area contributed by atoms with E-state index in [0.717, 1.165) is 12.3 Å². The fraction of sp³-hybridized carbons (Fsp3) is 0.750. The number of ketones is 1. The van der Waals surface area contributed by atoms with Crippen LogP contribution in [0.4, 0.5) is 0 Å². The molecule has 0 aromatic rings. The Labute approximate surface area is 80.2 Å². The van der Waals surface area contributed by atoms with Gasteiger partial charge in [0.2, 0.25) is 0 Å². The van der Waals surface area contributed by atoms with Crippen LogP contribution in [-0.4, -0.2) is 5.78 Å². The van der Waals surface area contributed by atoms with Crippen molar-refractivity contribution in [2.24, 2.45) is 11.8 Å². The van der Waals surface area contributed by atoms with Crippen molar-refractivity contribution in [2.45, 2.75) is 44.9 Å². The Balaban J connectivity index is 1.90. The molecule has 0 spiro atoms. The molecule has 0 saturated heterocycles. The number of rotatable bonds is 0. The summed E-state index contributed by atoms with van der Waals surface area (Å²) in [5, 5.41) is 0. The minimum atomic E-state index is 0.395. The summed E-state index contributed by atoms with van der Waals surface area (Å²) in [4.78, 5) is 11.5. The zero-order valence-corrected chi connectivity index (χ0v) is 8.17. The van der Waals surface area contributed by atoms with Crippen LogP contribution >= 0.6 is 0 Å². The standard InChI is InChI=1S/C12H18O/c13-12-8-6-4-2-1-3-5-7-10-9-11(10)12/h6,8,10-11H,1-5,7,9H2/b8-6-/t10-,11+/m0/s1. The first-order chi connectivity index (χ1) is 6.38. The minimum absolute atomic E-state index is 0.395. The third kappa shape index (κ3) is 2.43. The normalized spacial score (nSPS) is 37.4. The van der Waals surface area contributed by atoms with Crippen LogP contribution in [0.15, 0.2) is 12.2 Å². The van der Waals surface area contributed by atoms with Gasteiger partial charge < -0.3 is 0 Å². The molecule has 1 saturated carbocycles. The topological polar surface area (TPSA) is 17.1 Å². The van der Waals surface area contributed by atoms with Crippen molar-refractivity contribution in [1.82, 2.24) is 0 Å². The van der Waals surface area contributed by atoms with E-state index in [2.05, 4.69) is 6.08 Å². The van der Waals surface area contributed by atoms with E-state index in [1.165, 1.54) is 38.5 Å². The monoisotopic (exact) mass is 178 g/mol. The van der Waals surface area contributed by atoms with Gasteiger partial charge in [-0.15, -0.1) is 0 Å². The van der Waals surface area contributed by atoms with Crippen molar-refractivity contribution in [1.29, 1.82) is 0 Å². The van der Waals surface area contributed by atoms with Crippen molar-refractivity contribution in [2.75, 3.05) is 0 Å². The van der Waals surface area contributed by atoms with E-state index in [-0.39, 0.29) is 0 Å². The number of fused-ring (bicyclic) bond motifs is 1. The minimum Gasteiger partial charge on any atom is -0.295 e. The molecule has 0 bridgehead atoms. The number of hydrogen-bond acceptors (Lipinski definition) is 1. The summed E-state index contributed by atoms with van der Waals surface area (Å²) >= 11 is 0. The van der Waals surface area contributed by atoms with Gasteiger partial charge in [-0.05, 0) is 37.7 Å². The second kappa shape index (κ2) is 4.08. The van der Waals surface area contributed by atoms with E-state index in [9.17, 15) is 4.79 Å². The predicted molar refractivity (Wildman–Crippen MR) is 53.4 cm³/mol. The third-order valence-corrected chi connectivity index (χ3v) is 3.27. The summed E-state index contributed by atoms with van der Waals surface area (Å²) in [5.41, 5.74) is 0. The Hall–Kier alpha value is -0.590. The van der Waals surface area contributed by atoms with E-state index in [4.69, 9.17) is 0 Å². The van der Waals surface area contributed by atoms with Crippen molar-refractivity contribution < 1.29 is 4.79 Å². The van der Waals surface area contributed by atoms with Crippen molar-refractivity contribution in [3.63, 3.8) is 0 Å². The SMILES string of the molecule is O=C1/C=C\CCCCCC[C@H]2C[C@@H]12. The van der Waals surface area contributed by atoms with Crippen LogP contribution in [0.2, 0.25) is 0 Å². The molecule has 0 aromatic heterocycles. The molecular formula is C12H18O. The third-order valence-electron chi connectivity index (χ3n) is 3.27. The van der Waals surface area contributed by atoms with Gasteiger partial charge in [0.15, 0.2) is 5.78 Å². The first kappa shape index (κ1) is 8.98. The highest BCUT2D eigenvalue weighted by Gasteiger charge is 2.40. The molecule has 1 heteroatoms. The molecule has 72 valence electrons. The van der Waals surface area contributed by atoms with Crippen LogP contribution in [-0.2, 0) is 4.79 Å². The summed E-state index contributed by atoms with van der Waals surface area (Å²) in [6.45, 7) is 0. The molecule has 0 heterocycles. The largest absolute Gasteiger partial charge is 0.295 e. The molecule has 0 radical (unpaired) electrons. The smallest absolute Gasteiger partial charge is 0.158 e. The second-order valence-electron chi connectivity index (χ2n) is 4.40. The Morgan fingerprint density at radius 2 is 2.00 bits per heavy atom. The zero-order valence-electron chi connectivity index (χ0n) is 8.17. The molecule has 0 N–H and O–H groups in total. The van der Waals surface area contributed by atoms with Crippen molar-refractivity contribution >= 4 is 5.78 Å². The lowest BCUT2D eigenvalue weighted by Crippen LogP contribution is -1.97. The molecule has 1 nitrogen and oxygen atoms in total. The first-order valence-corrected chi connectivity index (χ1v) is 5.58. The van der Waals surface area contributed by atoms with E-state index in [1.807, 2.05) is 6.08 Å². The van der Waals surface area contributed by atoms with Crippen molar-refractivity contribution in [3.8, 4) is 0 Å². The zero-order chi connectivity index (χ0) is 9.10. The molecule has 0 amide bonds. The molecule has 2 atom stereocenters. The van der Waals surface area contributed by atoms with Gasteiger partial charge in [0, 0.05) is 5.92 Å². The highest BCUT2D eigenvalue weighted by Crippen LogP contribution is 2.43. The Bertz CT molecular complexity index is 217. The van der Waals surface area contributed by atoms with Gasteiger partial charge in [-0.2, -0.15) is 0 Å². The predicted octanol–water partition coefficient (Wildman–Crippen LogP) is 3.10. The maximum Gasteiger partial charge on any atom is 0.158 e. The second-order valence-corrected chi connectivity index (χ2v) is 4.40. The summed E-state index contributed by atoms with van der Waals surface area (Å²) in [6.07, 6.45) is 12.8. The van der Waals surface area contributed by atoms with Gasteiger partial charge in [0.1, 0.15) is 0 Å². The Kier molecular flexibility index (Phi) is 2.82. The molecule has 2 aliphatic rings. The fourth-order valence-corrected chi connectivity index (χ4v) is 2.26. The van der Waals surface area contributed by atoms with Gasteiger partial charge in [0.25, 0.3) is 0 Å². The Morgan fingerprint density at radius 1 is 1.15 bits per heavy atom.